The predicted octanol–water partition coefficient (Wildman–Crippen LogP) is 3.75. The Bertz CT molecular complexity index is 836. The van der Waals surface area contributed by atoms with E-state index in [-0.39, 0.29) is 23.9 Å². The Morgan fingerprint density at radius 1 is 0.964 bits per heavy atom. The average molecular weight is 379 g/mol. The van der Waals surface area contributed by atoms with E-state index < -0.39 is 0 Å². The SMILES string of the molecule is COc1ccc(CCCC(=O)CC(=O)c2ccc(C(=O)NC3CC3)cc2)cc1. The Hall–Kier alpha value is -2.95. The molecule has 1 aliphatic carbocycles. The third-order valence-corrected chi connectivity index (χ3v) is 4.82. The molecule has 1 amide bonds. The summed E-state index contributed by atoms with van der Waals surface area (Å²) in [6.07, 6.45) is 3.83. The van der Waals surface area contributed by atoms with Crippen LogP contribution in [-0.4, -0.2) is 30.6 Å². The summed E-state index contributed by atoms with van der Waals surface area (Å²) in [7, 11) is 1.63. The minimum absolute atomic E-state index is 0.0611. The highest BCUT2D eigenvalue weighted by atomic mass is 16.5. The summed E-state index contributed by atoms with van der Waals surface area (Å²) in [4.78, 5) is 36.4. The molecular formula is C23H25NO4. The summed E-state index contributed by atoms with van der Waals surface area (Å²) in [5.41, 5.74) is 2.14. The molecule has 0 saturated heterocycles. The lowest BCUT2D eigenvalue weighted by Gasteiger charge is -2.05. The van der Waals surface area contributed by atoms with Crippen LogP contribution in [0.25, 0.3) is 0 Å². The van der Waals surface area contributed by atoms with Gasteiger partial charge in [0, 0.05) is 23.6 Å². The van der Waals surface area contributed by atoms with Gasteiger partial charge in [-0.05, 0) is 55.5 Å². The fourth-order valence-electron chi connectivity index (χ4n) is 2.96. The van der Waals surface area contributed by atoms with E-state index in [1.807, 2.05) is 24.3 Å². The third-order valence-electron chi connectivity index (χ3n) is 4.82. The number of hydrogen-bond donors (Lipinski definition) is 1. The number of rotatable bonds is 10. The highest BCUT2D eigenvalue weighted by molar-refractivity contribution is 6.08. The van der Waals surface area contributed by atoms with Crippen molar-refractivity contribution < 1.29 is 19.1 Å². The summed E-state index contributed by atoms with van der Waals surface area (Å²) < 4.78 is 5.12. The van der Waals surface area contributed by atoms with Crippen molar-refractivity contribution in [1.29, 1.82) is 0 Å². The number of amides is 1. The van der Waals surface area contributed by atoms with Gasteiger partial charge in [-0.25, -0.2) is 0 Å². The van der Waals surface area contributed by atoms with Crippen molar-refractivity contribution in [3.63, 3.8) is 0 Å². The maximum atomic E-state index is 12.3. The van der Waals surface area contributed by atoms with Gasteiger partial charge in [0.05, 0.1) is 13.5 Å². The molecule has 0 aliphatic heterocycles. The van der Waals surface area contributed by atoms with Gasteiger partial charge in [0.15, 0.2) is 5.78 Å². The van der Waals surface area contributed by atoms with Crippen LogP contribution in [0.3, 0.4) is 0 Å². The Kier molecular flexibility index (Phi) is 6.58. The van der Waals surface area contributed by atoms with Crippen molar-refractivity contribution in [3.8, 4) is 5.75 Å². The molecule has 0 unspecified atom stereocenters. The number of carbonyl (C=O) groups excluding carboxylic acids is 3. The molecule has 0 bridgehead atoms. The molecule has 2 aromatic rings. The zero-order valence-electron chi connectivity index (χ0n) is 16.1. The highest BCUT2D eigenvalue weighted by Crippen LogP contribution is 2.19. The van der Waals surface area contributed by atoms with E-state index in [1.165, 1.54) is 0 Å². The number of ether oxygens (including phenoxy) is 1. The van der Waals surface area contributed by atoms with E-state index in [9.17, 15) is 14.4 Å². The molecular weight excluding hydrogens is 354 g/mol. The zero-order valence-corrected chi connectivity index (χ0v) is 16.1. The highest BCUT2D eigenvalue weighted by Gasteiger charge is 2.23. The zero-order chi connectivity index (χ0) is 19.9. The van der Waals surface area contributed by atoms with Crippen LogP contribution in [0, 0.1) is 0 Å². The van der Waals surface area contributed by atoms with E-state index >= 15 is 0 Å². The molecule has 1 saturated carbocycles. The smallest absolute Gasteiger partial charge is 0.251 e. The second kappa shape index (κ2) is 9.31. The molecule has 146 valence electrons. The Labute approximate surface area is 165 Å². The third kappa shape index (κ3) is 5.78. The lowest BCUT2D eigenvalue weighted by atomic mass is 10.0. The number of hydrogen-bond acceptors (Lipinski definition) is 4. The first-order valence-corrected chi connectivity index (χ1v) is 9.64. The van der Waals surface area contributed by atoms with Gasteiger partial charge in [-0.3, -0.25) is 14.4 Å². The fourth-order valence-corrected chi connectivity index (χ4v) is 2.96. The predicted molar refractivity (Wildman–Crippen MR) is 107 cm³/mol. The Morgan fingerprint density at radius 2 is 1.61 bits per heavy atom. The second-order valence-electron chi connectivity index (χ2n) is 7.17. The lowest BCUT2D eigenvalue weighted by Crippen LogP contribution is -2.25. The molecule has 0 spiro atoms. The molecule has 5 heteroatoms. The van der Waals surface area contributed by atoms with E-state index in [0.29, 0.717) is 30.0 Å². The van der Waals surface area contributed by atoms with Gasteiger partial charge in [-0.15, -0.1) is 0 Å². The molecule has 0 aromatic heterocycles. The van der Waals surface area contributed by atoms with Crippen molar-refractivity contribution in [2.75, 3.05) is 7.11 Å². The van der Waals surface area contributed by atoms with Crippen LogP contribution >= 0.6 is 0 Å². The summed E-state index contributed by atoms with van der Waals surface area (Å²) in [5.74, 6) is 0.426. The number of methoxy groups -OCH3 is 1. The van der Waals surface area contributed by atoms with Gasteiger partial charge < -0.3 is 10.1 Å². The Balaban J connectivity index is 1.42. The van der Waals surface area contributed by atoms with Gasteiger partial charge in [0.2, 0.25) is 0 Å². The molecule has 0 heterocycles. The lowest BCUT2D eigenvalue weighted by molar-refractivity contribution is -0.118. The standard InChI is InChI=1S/C23H25NO4/c1-28-21-13-5-16(6-14-21)3-2-4-20(25)15-22(26)17-7-9-18(10-8-17)23(27)24-19-11-12-19/h5-10,13-14,19H,2-4,11-12,15H2,1H3,(H,24,27). The minimum atomic E-state index is -0.205. The normalized spacial score (nSPS) is 13.0. The minimum Gasteiger partial charge on any atom is -0.497 e. The van der Waals surface area contributed by atoms with Gasteiger partial charge in [-0.2, -0.15) is 0 Å². The molecule has 3 rings (SSSR count). The van der Waals surface area contributed by atoms with Crippen LogP contribution in [0.5, 0.6) is 5.75 Å². The maximum absolute atomic E-state index is 12.3. The van der Waals surface area contributed by atoms with Crippen molar-refractivity contribution in [2.24, 2.45) is 0 Å². The molecule has 1 aliphatic rings. The van der Waals surface area contributed by atoms with Crippen LogP contribution in [-0.2, 0) is 11.2 Å². The first-order chi connectivity index (χ1) is 13.5. The van der Waals surface area contributed by atoms with Crippen molar-refractivity contribution in [2.45, 2.75) is 44.6 Å². The van der Waals surface area contributed by atoms with Crippen LogP contribution in [0.2, 0.25) is 0 Å². The number of aryl methyl sites for hydroxylation is 1. The van der Waals surface area contributed by atoms with Crippen LogP contribution in [0.1, 0.15) is 58.4 Å². The van der Waals surface area contributed by atoms with Gasteiger partial charge in [0.25, 0.3) is 5.91 Å². The van der Waals surface area contributed by atoms with E-state index in [4.69, 9.17) is 4.74 Å². The number of benzene rings is 2. The van der Waals surface area contributed by atoms with Crippen molar-refractivity contribution >= 4 is 17.5 Å². The number of Topliss-reactive ketones (excluding diaryl/α,β-unsaturated/α-hetero) is 2. The second-order valence-corrected chi connectivity index (χ2v) is 7.17. The summed E-state index contributed by atoms with van der Waals surface area (Å²) in [6, 6.07) is 14.6. The number of nitrogens with one attached hydrogen (secondary N) is 1. The molecule has 5 nitrogen and oxygen atoms in total. The fraction of sp³-hybridized carbons (Fsp3) is 0.348. The first kappa shape index (κ1) is 19.8. The largest absolute Gasteiger partial charge is 0.497 e. The monoisotopic (exact) mass is 379 g/mol. The van der Waals surface area contributed by atoms with E-state index in [0.717, 1.165) is 30.6 Å². The molecule has 1 N–H and O–H groups in total. The van der Waals surface area contributed by atoms with Gasteiger partial charge in [-0.1, -0.05) is 24.3 Å². The number of ketones is 2. The van der Waals surface area contributed by atoms with Crippen molar-refractivity contribution in [3.05, 3.63) is 65.2 Å². The average Bonchev–Trinajstić information content (AvgIpc) is 3.52. The Morgan fingerprint density at radius 3 is 2.21 bits per heavy atom. The van der Waals surface area contributed by atoms with Gasteiger partial charge in [0.1, 0.15) is 11.5 Å². The summed E-state index contributed by atoms with van der Waals surface area (Å²) >= 11 is 0. The van der Waals surface area contributed by atoms with E-state index in [1.54, 1.807) is 31.4 Å². The van der Waals surface area contributed by atoms with Crippen LogP contribution in [0.15, 0.2) is 48.5 Å². The quantitative estimate of drug-likeness (QED) is 0.504. The van der Waals surface area contributed by atoms with Crippen molar-refractivity contribution in [1.82, 2.24) is 5.32 Å². The summed E-state index contributed by atoms with van der Waals surface area (Å²) in [6.45, 7) is 0. The van der Waals surface area contributed by atoms with Crippen LogP contribution in [0.4, 0.5) is 0 Å². The maximum Gasteiger partial charge on any atom is 0.251 e. The topological polar surface area (TPSA) is 72.5 Å². The summed E-state index contributed by atoms with van der Waals surface area (Å²) in [5, 5.41) is 2.91. The van der Waals surface area contributed by atoms with E-state index in [2.05, 4.69) is 5.32 Å². The number of carbonyl (C=O) groups is 3. The van der Waals surface area contributed by atoms with Gasteiger partial charge >= 0.3 is 0 Å². The molecule has 0 atom stereocenters. The molecule has 28 heavy (non-hydrogen) atoms. The molecule has 2 aromatic carbocycles. The molecule has 0 radical (unpaired) electrons. The first-order valence-electron chi connectivity index (χ1n) is 9.64. The van der Waals surface area contributed by atoms with Crippen LogP contribution < -0.4 is 10.1 Å². The molecule has 1 fully saturated rings.